The van der Waals surface area contributed by atoms with Crippen molar-refractivity contribution in [3.8, 4) is 0 Å². The first kappa shape index (κ1) is 16.4. The number of rotatable bonds is 8. The second-order valence-electron chi connectivity index (χ2n) is 4.78. The van der Waals surface area contributed by atoms with Gasteiger partial charge < -0.3 is 10.5 Å². The Morgan fingerprint density at radius 1 is 1.37 bits per heavy atom. The zero-order valence-corrected chi connectivity index (χ0v) is 12.9. The van der Waals surface area contributed by atoms with E-state index in [-0.39, 0.29) is 12.1 Å². The van der Waals surface area contributed by atoms with Crippen molar-refractivity contribution in [3.05, 3.63) is 34.9 Å². The van der Waals surface area contributed by atoms with Crippen LogP contribution in [-0.2, 0) is 4.74 Å². The molecular weight excluding hydrogens is 260 g/mol. The lowest BCUT2D eigenvalue weighted by Crippen LogP contribution is -2.31. The molecule has 0 radical (unpaired) electrons. The molecule has 108 valence electrons. The van der Waals surface area contributed by atoms with Crippen molar-refractivity contribution in [3.63, 3.8) is 0 Å². The third kappa shape index (κ3) is 5.11. The predicted molar refractivity (Wildman–Crippen MR) is 81.6 cm³/mol. The molecule has 4 heteroatoms. The molecule has 0 amide bonds. The molecule has 0 heterocycles. The second kappa shape index (κ2) is 8.54. The molecule has 2 unspecified atom stereocenters. The summed E-state index contributed by atoms with van der Waals surface area (Å²) < 4.78 is 5.57. The minimum Gasteiger partial charge on any atom is -0.377 e. The standard InChI is InChI=1S/C15H25ClN2O/c1-4-19-13(11-17)9-10-18(3)12(2)14-7-5-6-8-15(14)16/h5-8,12-13H,4,9-11,17H2,1-3H3. The molecule has 2 N–H and O–H groups in total. The Kier molecular flexibility index (Phi) is 7.39. The minimum absolute atomic E-state index is 0.144. The van der Waals surface area contributed by atoms with Gasteiger partial charge in [0.2, 0.25) is 0 Å². The van der Waals surface area contributed by atoms with Gasteiger partial charge in [-0.25, -0.2) is 0 Å². The molecule has 0 saturated heterocycles. The van der Waals surface area contributed by atoms with Crippen LogP contribution in [0, 0.1) is 0 Å². The molecule has 0 aliphatic carbocycles. The number of hydrogen-bond donors (Lipinski definition) is 1. The highest BCUT2D eigenvalue weighted by atomic mass is 35.5. The number of benzene rings is 1. The van der Waals surface area contributed by atoms with Crippen molar-refractivity contribution in [1.82, 2.24) is 4.90 Å². The highest BCUT2D eigenvalue weighted by molar-refractivity contribution is 6.31. The van der Waals surface area contributed by atoms with E-state index in [0.717, 1.165) is 23.6 Å². The molecule has 1 aromatic rings. The Hall–Kier alpha value is -0.610. The van der Waals surface area contributed by atoms with Crippen LogP contribution in [0.1, 0.15) is 31.9 Å². The van der Waals surface area contributed by atoms with Crippen molar-refractivity contribution < 1.29 is 4.74 Å². The van der Waals surface area contributed by atoms with Gasteiger partial charge >= 0.3 is 0 Å². The second-order valence-corrected chi connectivity index (χ2v) is 5.19. The Balaban J connectivity index is 2.53. The molecule has 0 saturated carbocycles. The van der Waals surface area contributed by atoms with Gasteiger partial charge in [-0.1, -0.05) is 29.8 Å². The summed E-state index contributed by atoms with van der Waals surface area (Å²) in [6.07, 6.45) is 1.08. The van der Waals surface area contributed by atoms with E-state index in [0.29, 0.717) is 13.2 Å². The Morgan fingerprint density at radius 3 is 2.63 bits per heavy atom. The minimum atomic E-state index is 0.144. The fraction of sp³-hybridized carbons (Fsp3) is 0.600. The summed E-state index contributed by atoms with van der Waals surface area (Å²) >= 11 is 6.23. The van der Waals surface area contributed by atoms with Crippen LogP contribution < -0.4 is 5.73 Å². The first-order chi connectivity index (χ1) is 9.10. The Labute approximate surface area is 121 Å². The molecular formula is C15H25ClN2O. The molecule has 0 fully saturated rings. The summed E-state index contributed by atoms with van der Waals surface area (Å²) in [7, 11) is 2.10. The van der Waals surface area contributed by atoms with Crippen LogP contribution in [0.15, 0.2) is 24.3 Å². The Bertz CT molecular complexity index is 373. The largest absolute Gasteiger partial charge is 0.377 e. The van der Waals surface area contributed by atoms with Crippen LogP contribution in [0.4, 0.5) is 0 Å². The number of nitrogens with zero attached hydrogens (tertiary/aromatic N) is 1. The monoisotopic (exact) mass is 284 g/mol. The van der Waals surface area contributed by atoms with E-state index in [1.165, 1.54) is 0 Å². The van der Waals surface area contributed by atoms with Gasteiger partial charge in [0.05, 0.1) is 6.10 Å². The molecule has 2 atom stereocenters. The fourth-order valence-corrected chi connectivity index (χ4v) is 2.39. The zero-order chi connectivity index (χ0) is 14.3. The van der Waals surface area contributed by atoms with Crippen LogP contribution in [0.3, 0.4) is 0 Å². The summed E-state index contributed by atoms with van der Waals surface area (Å²) in [6, 6.07) is 8.28. The summed E-state index contributed by atoms with van der Waals surface area (Å²) in [4.78, 5) is 2.28. The summed E-state index contributed by atoms with van der Waals surface area (Å²) in [5.41, 5.74) is 6.85. The van der Waals surface area contributed by atoms with E-state index in [4.69, 9.17) is 22.1 Å². The average Bonchev–Trinajstić information content (AvgIpc) is 2.42. The van der Waals surface area contributed by atoms with E-state index in [1.54, 1.807) is 0 Å². The van der Waals surface area contributed by atoms with Gasteiger partial charge in [-0.2, -0.15) is 0 Å². The quantitative estimate of drug-likeness (QED) is 0.797. The van der Waals surface area contributed by atoms with Gasteiger partial charge in [0.1, 0.15) is 0 Å². The normalized spacial score (nSPS) is 14.6. The molecule has 0 aliphatic rings. The highest BCUT2D eigenvalue weighted by Gasteiger charge is 2.15. The van der Waals surface area contributed by atoms with Gasteiger partial charge in [-0.3, -0.25) is 4.90 Å². The third-order valence-corrected chi connectivity index (χ3v) is 3.83. The number of halogens is 1. The molecule has 0 aromatic heterocycles. The van der Waals surface area contributed by atoms with Gasteiger partial charge in [0.25, 0.3) is 0 Å². The van der Waals surface area contributed by atoms with Gasteiger partial charge in [0, 0.05) is 30.8 Å². The molecule has 0 aliphatic heterocycles. The van der Waals surface area contributed by atoms with Crippen LogP contribution in [0.5, 0.6) is 0 Å². The lowest BCUT2D eigenvalue weighted by atomic mass is 10.1. The lowest BCUT2D eigenvalue weighted by molar-refractivity contribution is 0.0535. The average molecular weight is 285 g/mol. The van der Waals surface area contributed by atoms with Crippen molar-refractivity contribution in [2.45, 2.75) is 32.4 Å². The third-order valence-electron chi connectivity index (χ3n) is 3.49. The molecule has 0 spiro atoms. The lowest BCUT2D eigenvalue weighted by Gasteiger charge is -2.27. The van der Waals surface area contributed by atoms with E-state index >= 15 is 0 Å². The maximum absolute atomic E-state index is 6.23. The number of nitrogens with two attached hydrogens (primary N) is 1. The van der Waals surface area contributed by atoms with Gasteiger partial charge in [0.15, 0.2) is 0 Å². The molecule has 1 aromatic carbocycles. The summed E-state index contributed by atoms with van der Waals surface area (Å²) in [6.45, 7) is 6.39. The topological polar surface area (TPSA) is 38.5 Å². The van der Waals surface area contributed by atoms with Gasteiger partial charge in [-0.05, 0) is 38.9 Å². The number of hydrogen-bond acceptors (Lipinski definition) is 3. The molecule has 3 nitrogen and oxygen atoms in total. The first-order valence-corrected chi connectivity index (χ1v) is 7.24. The SMILES string of the molecule is CCOC(CN)CCN(C)C(C)c1ccccc1Cl. The van der Waals surface area contributed by atoms with Crippen molar-refractivity contribution in [2.24, 2.45) is 5.73 Å². The molecule has 1 rings (SSSR count). The van der Waals surface area contributed by atoms with Crippen molar-refractivity contribution >= 4 is 11.6 Å². The maximum atomic E-state index is 6.23. The van der Waals surface area contributed by atoms with Crippen molar-refractivity contribution in [1.29, 1.82) is 0 Å². The fourth-order valence-electron chi connectivity index (χ4n) is 2.10. The van der Waals surface area contributed by atoms with Crippen LogP contribution in [0.25, 0.3) is 0 Å². The van der Waals surface area contributed by atoms with E-state index in [9.17, 15) is 0 Å². The summed E-state index contributed by atoms with van der Waals surface area (Å²) in [5, 5.41) is 0.821. The van der Waals surface area contributed by atoms with Crippen LogP contribution >= 0.6 is 11.6 Å². The van der Waals surface area contributed by atoms with Gasteiger partial charge in [-0.15, -0.1) is 0 Å². The van der Waals surface area contributed by atoms with E-state index in [2.05, 4.69) is 24.9 Å². The summed E-state index contributed by atoms with van der Waals surface area (Å²) in [5.74, 6) is 0. The van der Waals surface area contributed by atoms with E-state index < -0.39 is 0 Å². The molecule has 19 heavy (non-hydrogen) atoms. The van der Waals surface area contributed by atoms with Crippen LogP contribution in [-0.4, -0.2) is 37.7 Å². The van der Waals surface area contributed by atoms with Crippen molar-refractivity contribution in [2.75, 3.05) is 26.7 Å². The highest BCUT2D eigenvalue weighted by Crippen LogP contribution is 2.26. The first-order valence-electron chi connectivity index (χ1n) is 6.86. The Morgan fingerprint density at radius 2 is 2.05 bits per heavy atom. The maximum Gasteiger partial charge on any atom is 0.0709 e. The predicted octanol–water partition coefficient (Wildman–Crippen LogP) is 3.09. The van der Waals surface area contributed by atoms with E-state index in [1.807, 2.05) is 25.1 Å². The smallest absolute Gasteiger partial charge is 0.0709 e. The zero-order valence-electron chi connectivity index (χ0n) is 12.1. The molecule has 0 bridgehead atoms. The van der Waals surface area contributed by atoms with Crippen LogP contribution in [0.2, 0.25) is 5.02 Å². The number of ether oxygens (including phenoxy) is 1.